The van der Waals surface area contributed by atoms with Gasteiger partial charge < -0.3 is 15.4 Å². The van der Waals surface area contributed by atoms with Crippen molar-refractivity contribution in [2.75, 3.05) is 19.3 Å². The van der Waals surface area contributed by atoms with Gasteiger partial charge in [0.05, 0.1) is 35.2 Å². The Balaban J connectivity index is 1.62. The Morgan fingerprint density at radius 3 is 2.88 bits per heavy atom. The minimum Gasteiger partial charge on any atom is -0.491 e. The van der Waals surface area contributed by atoms with Gasteiger partial charge in [0.2, 0.25) is 0 Å². The molecule has 0 saturated carbocycles. The van der Waals surface area contributed by atoms with Crippen molar-refractivity contribution in [3.63, 3.8) is 0 Å². The molecule has 4 heterocycles. The van der Waals surface area contributed by atoms with Crippen molar-refractivity contribution in [1.29, 1.82) is 0 Å². The van der Waals surface area contributed by atoms with E-state index in [2.05, 4.69) is 15.0 Å². The van der Waals surface area contributed by atoms with E-state index in [0.29, 0.717) is 16.5 Å². The summed E-state index contributed by atoms with van der Waals surface area (Å²) in [6, 6.07) is 1.34. The van der Waals surface area contributed by atoms with E-state index in [9.17, 15) is 18.0 Å². The van der Waals surface area contributed by atoms with Gasteiger partial charge in [-0.3, -0.25) is 14.2 Å². The molecule has 0 fully saturated rings. The average Bonchev–Trinajstić information content (AvgIpc) is 3.40. The Hall–Kier alpha value is -3.96. The van der Waals surface area contributed by atoms with Crippen LogP contribution in [-0.2, 0) is 6.18 Å². The topological polar surface area (TPSA) is 98.6 Å². The molecule has 0 unspecified atom stereocenters. The Morgan fingerprint density at radius 2 is 2.12 bits per heavy atom. The minimum absolute atomic E-state index is 0.0462. The van der Waals surface area contributed by atoms with E-state index in [1.807, 2.05) is 0 Å². The van der Waals surface area contributed by atoms with Crippen molar-refractivity contribution in [3.05, 3.63) is 59.6 Å². The third-order valence-electron chi connectivity index (χ3n) is 5.17. The highest BCUT2D eigenvalue weighted by molar-refractivity contribution is 5.98. The Morgan fingerprint density at radius 1 is 1.31 bits per heavy atom. The second-order valence-corrected chi connectivity index (χ2v) is 7.07. The number of aromatic nitrogens is 4. The molecule has 2 N–H and O–H groups in total. The number of hydrogen-bond donors (Lipinski definition) is 1. The molecule has 1 aliphatic rings. The molecule has 0 saturated heterocycles. The molecule has 1 amide bonds. The van der Waals surface area contributed by atoms with E-state index < -0.39 is 48.8 Å². The molecular formula is C20H14F4N6O2. The summed E-state index contributed by atoms with van der Waals surface area (Å²) < 4.78 is 84.5. The fraction of sp³-hybridized carbons (Fsp3) is 0.200. The largest absolute Gasteiger partial charge is 0.491 e. The third-order valence-corrected chi connectivity index (χ3v) is 5.17. The number of anilines is 1. The molecule has 1 atom stereocenters. The molecule has 0 bridgehead atoms. The Kier molecular flexibility index (Phi) is 3.53. The SMILES string of the molecule is [2H]C([2H])([2H])N(C(=O)c1cc2c(cc1F)nc(N)c1cncn12)[C@@H]1COc2cc(C(F)(F)F)ncc21. The van der Waals surface area contributed by atoms with Gasteiger partial charge in [-0.05, 0) is 6.07 Å². The van der Waals surface area contributed by atoms with Crippen LogP contribution >= 0.6 is 0 Å². The number of carbonyl (C=O) groups is 1. The highest BCUT2D eigenvalue weighted by Crippen LogP contribution is 2.39. The van der Waals surface area contributed by atoms with E-state index in [0.717, 1.165) is 18.3 Å². The zero-order valence-corrected chi connectivity index (χ0v) is 15.9. The predicted molar refractivity (Wildman–Crippen MR) is 104 cm³/mol. The molecule has 4 aromatic rings. The van der Waals surface area contributed by atoms with Crippen molar-refractivity contribution >= 4 is 28.3 Å². The fourth-order valence-electron chi connectivity index (χ4n) is 3.58. The molecule has 0 aliphatic carbocycles. The number of nitrogens with two attached hydrogens (primary N) is 1. The Bertz CT molecular complexity index is 1500. The maximum atomic E-state index is 15.0. The molecular weight excluding hydrogens is 432 g/mol. The van der Waals surface area contributed by atoms with Crippen molar-refractivity contribution < 1.29 is 31.2 Å². The maximum Gasteiger partial charge on any atom is 0.433 e. The van der Waals surface area contributed by atoms with E-state index in [1.54, 1.807) is 0 Å². The van der Waals surface area contributed by atoms with Crippen LogP contribution in [0.4, 0.5) is 23.4 Å². The first-order valence-electron chi connectivity index (χ1n) is 10.6. The molecule has 3 aromatic heterocycles. The van der Waals surface area contributed by atoms with Gasteiger partial charge >= 0.3 is 6.18 Å². The highest BCUT2D eigenvalue weighted by Gasteiger charge is 2.37. The van der Waals surface area contributed by atoms with Gasteiger partial charge in [-0.15, -0.1) is 0 Å². The molecule has 32 heavy (non-hydrogen) atoms. The Labute approximate surface area is 181 Å². The lowest BCUT2D eigenvalue weighted by Crippen LogP contribution is -2.32. The lowest BCUT2D eigenvalue weighted by Gasteiger charge is -2.24. The van der Waals surface area contributed by atoms with Gasteiger partial charge in [0, 0.05) is 35.0 Å². The third kappa shape index (κ3) is 2.98. The van der Waals surface area contributed by atoms with Crippen LogP contribution in [0, 0.1) is 5.82 Å². The molecule has 0 radical (unpaired) electrons. The number of benzene rings is 1. The van der Waals surface area contributed by atoms with E-state index in [4.69, 9.17) is 14.6 Å². The summed E-state index contributed by atoms with van der Waals surface area (Å²) in [4.78, 5) is 25.2. The van der Waals surface area contributed by atoms with Crippen LogP contribution < -0.4 is 10.5 Å². The number of ether oxygens (including phenoxy) is 1. The predicted octanol–water partition coefficient (Wildman–Crippen LogP) is 3.22. The van der Waals surface area contributed by atoms with Gasteiger partial charge in [0.15, 0.2) is 0 Å². The molecule has 164 valence electrons. The molecule has 12 heteroatoms. The van der Waals surface area contributed by atoms with Crippen LogP contribution in [0.1, 0.15) is 31.8 Å². The lowest BCUT2D eigenvalue weighted by molar-refractivity contribution is -0.141. The first-order valence-corrected chi connectivity index (χ1v) is 9.10. The smallest absolute Gasteiger partial charge is 0.433 e. The second-order valence-electron chi connectivity index (χ2n) is 7.07. The fourth-order valence-corrected chi connectivity index (χ4v) is 3.58. The number of nitrogens with zero attached hydrogens (tertiary/aromatic N) is 5. The van der Waals surface area contributed by atoms with Gasteiger partial charge in [0.25, 0.3) is 5.91 Å². The van der Waals surface area contributed by atoms with Crippen LogP contribution in [0.3, 0.4) is 0 Å². The quantitative estimate of drug-likeness (QED) is 0.472. The zero-order chi connectivity index (χ0) is 25.3. The molecule has 0 spiro atoms. The number of imidazole rings is 1. The lowest BCUT2D eigenvalue weighted by atomic mass is 10.1. The number of nitrogen functional groups attached to an aromatic ring is 1. The van der Waals surface area contributed by atoms with Crippen LogP contribution in [-0.4, -0.2) is 43.7 Å². The van der Waals surface area contributed by atoms with Crippen LogP contribution in [0.15, 0.2) is 36.9 Å². The van der Waals surface area contributed by atoms with Gasteiger partial charge in [-0.1, -0.05) is 0 Å². The highest BCUT2D eigenvalue weighted by atomic mass is 19.4. The summed E-state index contributed by atoms with van der Waals surface area (Å²) in [6.45, 7) is -3.55. The summed E-state index contributed by atoms with van der Waals surface area (Å²) in [7, 11) is 0. The standard InChI is InChI=1S/C20H14F4N6O2/c1-29(15-7-32-16-4-17(20(22,23)24)27-5-10(15)16)19(31)9-2-13-12(3-11(9)21)28-18(25)14-6-26-8-30(13)14/h2-6,8,15H,7H2,1H3,(H2,25,28)/t15-/m1/s1/i1D3. The average molecular weight is 449 g/mol. The summed E-state index contributed by atoms with van der Waals surface area (Å²) in [5, 5.41) is 0. The van der Waals surface area contributed by atoms with E-state index >= 15 is 4.39 Å². The number of hydrogen-bond acceptors (Lipinski definition) is 6. The minimum atomic E-state index is -4.75. The van der Waals surface area contributed by atoms with Crippen molar-refractivity contribution in [2.45, 2.75) is 12.2 Å². The summed E-state index contributed by atoms with van der Waals surface area (Å²) >= 11 is 0. The van der Waals surface area contributed by atoms with Crippen molar-refractivity contribution in [1.82, 2.24) is 24.3 Å². The number of carbonyl (C=O) groups excluding carboxylic acids is 1. The van der Waals surface area contributed by atoms with Gasteiger partial charge in [-0.25, -0.2) is 14.4 Å². The summed E-state index contributed by atoms with van der Waals surface area (Å²) in [6.07, 6.45) is -1.16. The monoisotopic (exact) mass is 449 g/mol. The number of amides is 1. The van der Waals surface area contributed by atoms with E-state index in [1.165, 1.54) is 16.9 Å². The summed E-state index contributed by atoms with van der Waals surface area (Å²) in [5.74, 6) is -2.48. The van der Waals surface area contributed by atoms with Crippen molar-refractivity contribution in [2.24, 2.45) is 0 Å². The molecule has 5 rings (SSSR count). The van der Waals surface area contributed by atoms with Crippen LogP contribution in [0.5, 0.6) is 5.75 Å². The van der Waals surface area contributed by atoms with Crippen LogP contribution in [0.25, 0.3) is 16.6 Å². The van der Waals surface area contributed by atoms with Gasteiger partial charge in [-0.2, -0.15) is 13.2 Å². The zero-order valence-electron chi connectivity index (χ0n) is 18.9. The summed E-state index contributed by atoms with van der Waals surface area (Å²) in [5.41, 5.74) is 4.70. The van der Waals surface area contributed by atoms with E-state index in [-0.39, 0.29) is 28.2 Å². The van der Waals surface area contributed by atoms with Gasteiger partial charge in [0.1, 0.15) is 35.2 Å². The first kappa shape index (κ1) is 16.7. The first-order chi connectivity index (χ1) is 16.4. The second kappa shape index (κ2) is 6.77. The number of alkyl halides is 3. The number of rotatable bonds is 2. The molecule has 8 nitrogen and oxygen atoms in total. The normalized spacial score (nSPS) is 17.5. The molecule has 1 aromatic carbocycles. The number of fused-ring (bicyclic) bond motifs is 4. The molecule has 1 aliphatic heterocycles. The number of likely N-dealkylation sites (N-methyl/N-ethyl adjacent to an activating group) is 1. The number of halogens is 4. The van der Waals surface area contributed by atoms with Crippen LogP contribution in [0.2, 0.25) is 0 Å². The van der Waals surface area contributed by atoms with Crippen molar-refractivity contribution in [3.8, 4) is 5.75 Å². The maximum absolute atomic E-state index is 15.0. The number of pyridine rings is 1.